The number of piperidine rings is 1. The fourth-order valence-corrected chi connectivity index (χ4v) is 5.01. The molecule has 2 aromatic heterocycles. The molecule has 6 heteroatoms. The summed E-state index contributed by atoms with van der Waals surface area (Å²) in [6.45, 7) is 2.21. The Kier molecular flexibility index (Phi) is 6.96. The second-order valence-corrected chi connectivity index (χ2v) is 9.17. The molecule has 1 aliphatic heterocycles. The number of aromatic amines is 1. The number of ketones is 1. The number of nitrogens with zero attached hydrogens (tertiary/aromatic N) is 3. The third-order valence-corrected chi connectivity index (χ3v) is 6.70. The van der Waals surface area contributed by atoms with Crippen LogP contribution in [0.15, 0.2) is 79.3 Å². The normalized spacial score (nSPS) is 17.1. The number of rotatable bonds is 9. The van der Waals surface area contributed by atoms with Gasteiger partial charge in [0.25, 0.3) is 0 Å². The van der Waals surface area contributed by atoms with Crippen molar-refractivity contribution in [2.75, 3.05) is 24.5 Å². The maximum atomic E-state index is 13.0. The molecule has 2 aromatic carbocycles. The molecule has 0 spiro atoms. The second kappa shape index (κ2) is 10.6. The van der Waals surface area contributed by atoms with E-state index in [-0.39, 0.29) is 11.8 Å². The average Bonchev–Trinajstić information content (AvgIpc) is 3.37. The Bertz CT molecular complexity index is 1210. The van der Waals surface area contributed by atoms with Gasteiger partial charge in [-0.2, -0.15) is 0 Å². The molecule has 2 N–H and O–H groups in total. The van der Waals surface area contributed by atoms with E-state index < -0.39 is 0 Å². The van der Waals surface area contributed by atoms with Crippen LogP contribution in [-0.4, -0.2) is 40.4 Å². The smallest absolute Gasteiger partial charge is 0.146 e. The van der Waals surface area contributed by atoms with Crippen LogP contribution in [-0.2, 0) is 11.2 Å². The van der Waals surface area contributed by atoms with Gasteiger partial charge in [-0.15, -0.1) is 0 Å². The maximum absolute atomic E-state index is 13.0. The first kappa shape index (κ1) is 22.3. The zero-order valence-electron chi connectivity index (χ0n) is 19.4. The first-order valence-corrected chi connectivity index (χ1v) is 12.1. The Morgan fingerprint density at radius 1 is 1.06 bits per heavy atom. The van der Waals surface area contributed by atoms with Gasteiger partial charge in [-0.1, -0.05) is 60.7 Å². The van der Waals surface area contributed by atoms with Crippen molar-refractivity contribution in [3.05, 3.63) is 90.4 Å². The molecule has 1 fully saturated rings. The van der Waals surface area contributed by atoms with Crippen molar-refractivity contribution in [1.82, 2.24) is 20.3 Å². The fourth-order valence-electron chi connectivity index (χ4n) is 5.01. The summed E-state index contributed by atoms with van der Waals surface area (Å²) in [5.41, 5.74) is 3.33. The summed E-state index contributed by atoms with van der Waals surface area (Å²) in [4.78, 5) is 27.3. The highest BCUT2D eigenvalue weighted by atomic mass is 16.1. The summed E-state index contributed by atoms with van der Waals surface area (Å²) in [7, 11) is 0. The van der Waals surface area contributed by atoms with Crippen LogP contribution < -0.4 is 10.2 Å². The maximum Gasteiger partial charge on any atom is 0.146 e. The molecule has 1 unspecified atom stereocenters. The molecule has 0 amide bonds. The topological polar surface area (TPSA) is 73.9 Å². The Labute approximate surface area is 200 Å². The van der Waals surface area contributed by atoms with Gasteiger partial charge >= 0.3 is 0 Å². The SMILES string of the molecule is O=C(CNC(Cc1ccccc1)c1ccccc1)C[C@@H]1CCCN(c2ncnc3[nH]ccc23)C1. The minimum Gasteiger partial charge on any atom is -0.356 e. The molecule has 1 aliphatic rings. The van der Waals surface area contributed by atoms with Gasteiger partial charge in [0, 0.05) is 31.7 Å². The zero-order valence-corrected chi connectivity index (χ0v) is 19.4. The van der Waals surface area contributed by atoms with Gasteiger partial charge in [0.05, 0.1) is 11.9 Å². The van der Waals surface area contributed by atoms with E-state index in [1.807, 2.05) is 24.4 Å². The molecule has 34 heavy (non-hydrogen) atoms. The van der Waals surface area contributed by atoms with E-state index in [4.69, 9.17) is 0 Å². The Hall–Kier alpha value is -3.51. The van der Waals surface area contributed by atoms with E-state index in [2.05, 4.69) is 73.7 Å². The summed E-state index contributed by atoms with van der Waals surface area (Å²) < 4.78 is 0. The number of aromatic nitrogens is 3. The number of carbonyl (C=O) groups excluding carboxylic acids is 1. The van der Waals surface area contributed by atoms with Gasteiger partial charge in [0.15, 0.2) is 0 Å². The zero-order chi connectivity index (χ0) is 23.2. The van der Waals surface area contributed by atoms with E-state index in [0.717, 1.165) is 49.2 Å². The number of benzene rings is 2. The van der Waals surface area contributed by atoms with Crippen LogP contribution in [0.5, 0.6) is 0 Å². The molecular formula is C28H31N5O. The third kappa shape index (κ3) is 5.34. The number of nitrogens with one attached hydrogen (secondary N) is 2. The Morgan fingerprint density at radius 3 is 2.68 bits per heavy atom. The Morgan fingerprint density at radius 2 is 1.85 bits per heavy atom. The molecule has 2 atom stereocenters. The van der Waals surface area contributed by atoms with Crippen molar-refractivity contribution in [3.63, 3.8) is 0 Å². The van der Waals surface area contributed by atoms with E-state index in [1.54, 1.807) is 6.33 Å². The summed E-state index contributed by atoms with van der Waals surface area (Å²) in [5, 5.41) is 4.59. The van der Waals surface area contributed by atoms with Gasteiger partial charge in [0.2, 0.25) is 0 Å². The molecule has 6 nitrogen and oxygen atoms in total. The number of fused-ring (bicyclic) bond motifs is 1. The van der Waals surface area contributed by atoms with Crippen molar-refractivity contribution >= 4 is 22.6 Å². The highest BCUT2D eigenvalue weighted by Gasteiger charge is 2.25. The number of H-pyrrole nitrogens is 1. The van der Waals surface area contributed by atoms with Crippen molar-refractivity contribution in [2.45, 2.75) is 31.7 Å². The standard InChI is InChI=1S/C28H31N5O/c34-24(18-30-26(23-11-5-2-6-12-23)17-21-8-3-1-4-9-21)16-22-10-7-15-33(19-22)28-25-13-14-29-27(25)31-20-32-28/h1-6,8-9,11-14,20,22,26,30H,7,10,15-19H2,(H,29,31,32)/t22-,26?/m0/s1. The quantitative estimate of drug-likeness (QED) is 0.384. The van der Waals surface area contributed by atoms with E-state index in [9.17, 15) is 4.79 Å². The minimum atomic E-state index is 0.110. The van der Waals surface area contributed by atoms with E-state index in [0.29, 0.717) is 18.9 Å². The van der Waals surface area contributed by atoms with E-state index >= 15 is 0 Å². The summed E-state index contributed by atoms with van der Waals surface area (Å²) in [6, 6.07) is 23.0. The van der Waals surface area contributed by atoms with Crippen LogP contribution in [0.25, 0.3) is 11.0 Å². The van der Waals surface area contributed by atoms with Crippen molar-refractivity contribution in [2.24, 2.45) is 5.92 Å². The highest BCUT2D eigenvalue weighted by Crippen LogP contribution is 2.28. The number of Topliss-reactive ketones (excluding diaryl/α,β-unsaturated/α-hetero) is 1. The molecule has 5 rings (SSSR count). The molecule has 4 aromatic rings. The lowest BCUT2D eigenvalue weighted by Gasteiger charge is -2.33. The Balaban J connectivity index is 1.20. The largest absolute Gasteiger partial charge is 0.356 e. The second-order valence-electron chi connectivity index (χ2n) is 9.17. The lowest BCUT2D eigenvalue weighted by molar-refractivity contribution is -0.119. The van der Waals surface area contributed by atoms with Crippen LogP contribution >= 0.6 is 0 Å². The van der Waals surface area contributed by atoms with Gasteiger partial charge < -0.3 is 15.2 Å². The highest BCUT2D eigenvalue weighted by molar-refractivity contribution is 5.87. The summed E-state index contributed by atoms with van der Waals surface area (Å²) in [6.07, 6.45) is 7.12. The van der Waals surface area contributed by atoms with E-state index in [1.165, 1.54) is 11.1 Å². The van der Waals surface area contributed by atoms with Gasteiger partial charge in [-0.3, -0.25) is 4.79 Å². The average molecular weight is 454 g/mol. The number of carbonyl (C=O) groups is 1. The van der Waals surface area contributed by atoms with Crippen LogP contribution in [0, 0.1) is 5.92 Å². The molecule has 1 saturated heterocycles. The molecule has 174 valence electrons. The van der Waals surface area contributed by atoms with Crippen molar-refractivity contribution in [1.29, 1.82) is 0 Å². The first-order valence-electron chi connectivity index (χ1n) is 12.1. The van der Waals surface area contributed by atoms with Crippen LogP contribution in [0.3, 0.4) is 0 Å². The molecular weight excluding hydrogens is 422 g/mol. The summed E-state index contributed by atoms with van der Waals surface area (Å²) >= 11 is 0. The minimum absolute atomic E-state index is 0.110. The third-order valence-electron chi connectivity index (χ3n) is 6.70. The molecule has 3 heterocycles. The number of hydrogen-bond acceptors (Lipinski definition) is 5. The monoisotopic (exact) mass is 453 g/mol. The number of anilines is 1. The molecule has 0 saturated carbocycles. The summed E-state index contributed by atoms with van der Waals surface area (Å²) in [5.74, 6) is 1.58. The van der Waals surface area contributed by atoms with Crippen LogP contribution in [0.4, 0.5) is 5.82 Å². The van der Waals surface area contributed by atoms with Crippen molar-refractivity contribution in [3.8, 4) is 0 Å². The van der Waals surface area contributed by atoms with Crippen LogP contribution in [0.1, 0.15) is 36.4 Å². The lowest BCUT2D eigenvalue weighted by atomic mass is 9.92. The van der Waals surface area contributed by atoms with Crippen molar-refractivity contribution < 1.29 is 4.79 Å². The van der Waals surface area contributed by atoms with Gasteiger partial charge in [0.1, 0.15) is 23.6 Å². The fraction of sp³-hybridized carbons (Fsp3) is 0.321. The number of hydrogen-bond donors (Lipinski definition) is 2. The van der Waals surface area contributed by atoms with Gasteiger partial charge in [-0.25, -0.2) is 9.97 Å². The van der Waals surface area contributed by atoms with Gasteiger partial charge in [-0.05, 0) is 42.4 Å². The molecule has 0 bridgehead atoms. The predicted octanol–water partition coefficient (Wildman–Crippen LogP) is 4.71. The predicted molar refractivity (Wildman–Crippen MR) is 136 cm³/mol. The first-order chi connectivity index (χ1) is 16.8. The molecule has 0 radical (unpaired) electrons. The lowest BCUT2D eigenvalue weighted by Crippen LogP contribution is -2.38. The van der Waals surface area contributed by atoms with Crippen LogP contribution in [0.2, 0.25) is 0 Å². The molecule has 0 aliphatic carbocycles.